The lowest BCUT2D eigenvalue weighted by Gasteiger charge is -2.00. The van der Waals surface area contributed by atoms with Gasteiger partial charge in [0.2, 0.25) is 0 Å². The lowest BCUT2D eigenvalue weighted by atomic mass is 10.1. The summed E-state index contributed by atoms with van der Waals surface area (Å²) in [6, 6.07) is 5.96. The predicted octanol–water partition coefficient (Wildman–Crippen LogP) is 3.92. The maximum atomic E-state index is 4.75. The molecule has 6 heteroatoms. The Labute approximate surface area is 144 Å². The van der Waals surface area contributed by atoms with E-state index in [4.69, 9.17) is 4.98 Å². The molecule has 0 spiro atoms. The maximum Gasteiger partial charge on any atom is 0.135 e. The molecular weight excluding hydrogens is 312 g/mol. The van der Waals surface area contributed by atoms with Gasteiger partial charge in [-0.25, -0.2) is 15.0 Å². The van der Waals surface area contributed by atoms with E-state index in [1.807, 2.05) is 31.2 Å². The second-order valence-electron chi connectivity index (χ2n) is 5.65. The second-order valence-corrected chi connectivity index (χ2v) is 5.65. The average Bonchev–Trinajstić information content (AvgIpc) is 3.23. The normalized spacial score (nSPS) is 11.4. The third-order valence-electron chi connectivity index (χ3n) is 3.99. The number of aryl methyl sites for hydroxylation is 1. The number of hydrogen-bond acceptors (Lipinski definition) is 4. The number of fused-ring (bicyclic) bond motifs is 1. The molecule has 0 aliphatic heterocycles. The van der Waals surface area contributed by atoms with E-state index >= 15 is 0 Å². The van der Waals surface area contributed by atoms with Crippen molar-refractivity contribution in [3.05, 3.63) is 66.9 Å². The number of H-pyrrole nitrogens is 2. The van der Waals surface area contributed by atoms with Gasteiger partial charge in [0.25, 0.3) is 0 Å². The molecule has 4 rings (SSSR count). The van der Waals surface area contributed by atoms with Crippen LogP contribution in [0.1, 0.15) is 11.3 Å². The Kier molecular flexibility index (Phi) is 3.70. The first-order valence-electron chi connectivity index (χ1n) is 7.86. The second kappa shape index (κ2) is 6.16. The highest BCUT2D eigenvalue weighted by Crippen LogP contribution is 2.28. The standard InChI is InChI=1S/C19H16N6/c1-3-4-5-13-8-17(22-12(13)2)19-18-16(24-25-19)7-6-15(23-18)14-9-20-11-21-10-14/h3-11,22H,1H2,2H3,(H,24,25)/b5-4-. The number of pyridine rings is 1. The number of hydrogen-bond donors (Lipinski definition) is 2. The van der Waals surface area contributed by atoms with Gasteiger partial charge >= 0.3 is 0 Å². The molecular formula is C19H16N6. The van der Waals surface area contributed by atoms with Gasteiger partial charge in [-0.1, -0.05) is 24.8 Å². The van der Waals surface area contributed by atoms with Crippen LogP contribution in [0.2, 0.25) is 0 Å². The van der Waals surface area contributed by atoms with Gasteiger partial charge in [0.05, 0.1) is 16.9 Å². The number of aromatic nitrogens is 6. The van der Waals surface area contributed by atoms with Crippen LogP contribution >= 0.6 is 0 Å². The topological polar surface area (TPSA) is 83.1 Å². The van der Waals surface area contributed by atoms with Gasteiger partial charge < -0.3 is 4.98 Å². The molecule has 0 amide bonds. The van der Waals surface area contributed by atoms with Crippen LogP contribution in [0.5, 0.6) is 0 Å². The Balaban J connectivity index is 1.83. The average molecular weight is 328 g/mol. The summed E-state index contributed by atoms with van der Waals surface area (Å²) in [6.07, 6.45) is 10.7. The minimum absolute atomic E-state index is 0.787. The molecule has 6 nitrogen and oxygen atoms in total. The number of rotatable bonds is 4. The minimum Gasteiger partial charge on any atom is -0.357 e. The van der Waals surface area contributed by atoms with Crippen molar-refractivity contribution in [1.29, 1.82) is 0 Å². The van der Waals surface area contributed by atoms with Crippen LogP contribution in [0.25, 0.3) is 39.8 Å². The quantitative estimate of drug-likeness (QED) is 0.556. The summed E-state index contributed by atoms with van der Waals surface area (Å²) >= 11 is 0. The largest absolute Gasteiger partial charge is 0.357 e. The summed E-state index contributed by atoms with van der Waals surface area (Å²) < 4.78 is 0. The van der Waals surface area contributed by atoms with Gasteiger partial charge in [-0.15, -0.1) is 0 Å². The smallest absolute Gasteiger partial charge is 0.135 e. The Hall–Kier alpha value is -3.54. The molecule has 0 aliphatic carbocycles. The SMILES string of the molecule is C=C/C=C\c1cc(-c2n[nH]c3ccc(-c4cncnc4)nc23)[nH]c1C. The van der Waals surface area contributed by atoms with E-state index in [0.717, 1.165) is 44.9 Å². The number of nitrogens with one attached hydrogen (secondary N) is 2. The molecule has 0 fully saturated rings. The predicted molar refractivity (Wildman–Crippen MR) is 98.7 cm³/mol. The summed E-state index contributed by atoms with van der Waals surface area (Å²) in [5.41, 5.74) is 7.24. The lowest BCUT2D eigenvalue weighted by Crippen LogP contribution is -1.87. The zero-order chi connectivity index (χ0) is 17.2. The van der Waals surface area contributed by atoms with Crippen molar-refractivity contribution in [3.8, 4) is 22.6 Å². The Morgan fingerprint density at radius 3 is 2.80 bits per heavy atom. The number of nitrogens with zero attached hydrogens (tertiary/aromatic N) is 4. The summed E-state index contributed by atoms with van der Waals surface area (Å²) in [4.78, 5) is 16.2. The first-order valence-corrected chi connectivity index (χ1v) is 7.86. The Morgan fingerprint density at radius 2 is 2.00 bits per heavy atom. The van der Waals surface area contributed by atoms with E-state index in [9.17, 15) is 0 Å². The van der Waals surface area contributed by atoms with Crippen molar-refractivity contribution in [3.63, 3.8) is 0 Å². The number of aromatic amines is 2. The van der Waals surface area contributed by atoms with Crippen molar-refractivity contribution in [2.75, 3.05) is 0 Å². The van der Waals surface area contributed by atoms with Crippen molar-refractivity contribution in [2.24, 2.45) is 0 Å². The van der Waals surface area contributed by atoms with E-state index in [1.165, 1.54) is 6.33 Å². The van der Waals surface area contributed by atoms with Crippen LogP contribution in [0.15, 0.2) is 55.7 Å². The van der Waals surface area contributed by atoms with E-state index in [0.29, 0.717) is 0 Å². The monoisotopic (exact) mass is 328 g/mol. The van der Waals surface area contributed by atoms with E-state index in [-0.39, 0.29) is 0 Å². The summed E-state index contributed by atoms with van der Waals surface area (Å²) in [7, 11) is 0. The van der Waals surface area contributed by atoms with Gasteiger partial charge in [-0.05, 0) is 30.7 Å². The molecule has 0 atom stereocenters. The molecule has 2 N–H and O–H groups in total. The zero-order valence-electron chi connectivity index (χ0n) is 13.7. The molecule has 0 aliphatic rings. The van der Waals surface area contributed by atoms with Crippen LogP contribution in [0, 0.1) is 6.92 Å². The van der Waals surface area contributed by atoms with Crippen LogP contribution in [-0.2, 0) is 0 Å². The van der Waals surface area contributed by atoms with Crippen molar-refractivity contribution in [2.45, 2.75) is 6.92 Å². The van der Waals surface area contributed by atoms with Crippen molar-refractivity contribution in [1.82, 2.24) is 30.1 Å². The molecule has 4 heterocycles. The zero-order valence-corrected chi connectivity index (χ0v) is 13.7. The molecule has 25 heavy (non-hydrogen) atoms. The van der Waals surface area contributed by atoms with Gasteiger partial charge in [0, 0.05) is 23.7 Å². The van der Waals surface area contributed by atoms with Gasteiger partial charge in [-0.3, -0.25) is 5.10 Å². The molecule has 4 aromatic heterocycles. The molecule has 122 valence electrons. The van der Waals surface area contributed by atoms with E-state index < -0.39 is 0 Å². The molecule has 0 radical (unpaired) electrons. The maximum absolute atomic E-state index is 4.75. The van der Waals surface area contributed by atoms with Crippen molar-refractivity contribution < 1.29 is 0 Å². The van der Waals surface area contributed by atoms with E-state index in [2.05, 4.69) is 37.8 Å². The lowest BCUT2D eigenvalue weighted by molar-refractivity contribution is 1.11. The minimum atomic E-state index is 0.787. The van der Waals surface area contributed by atoms with Crippen LogP contribution in [0.3, 0.4) is 0 Å². The van der Waals surface area contributed by atoms with Gasteiger partial charge in [-0.2, -0.15) is 5.10 Å². The van der Waals surface area contributed by atoms with Crippen LogP contribution < -0.4 is 0 Å². The van der Waals surface area contributed by atoms with Crippen LogP contribution in [0.4, 0.5) is 0 Å². The molecule has 0 saturated heterocycles. The van der Waals surface area contributed by atoms with Crippen LogP contribution in [-0.4, -0.2) is 30.1 Å². The third-order valence-corrected chi connectivity index (χ3v) is 3.99. The molecule has 0 aromatic carbocycles. The first kappa shape index (κ1) is 15.0. The Morgan fingerprint density at radius 1 is 1.16 bits per heavy atom. The highest BCUT2D eigenvalue weighted by Gasteiger charge is 2.14. The highest BCUT2D eigenvalue weighted by atomic mass is 15.1. The molecule has 4 aromatic rings. The summed E-state index contributed by atoms with van der Waals surface area (Å²) in [5.74, 6) is 0. The van der Waals surface area contributed by atoms with E-state index in [1.54, 1.807) is 18.5 Å². The summed E-state index contributed by atoms with van der Waals surface area (Å²) in [6.45, 7) is 5.74. The fraction of sp³-hybridized carbons (Fsp3) is 0.0526. The third kappa shape index (κ3) is 2.74. The molecule has 0 saturated carbocycles. The Bertz CT molecular complexity index is 1070. The van der Waals surface area contributed by atoms with Gasteiger partial charge in [0.15, 0.2) is 0 Å². The first-order chi connectivity index (χ1) is 12.3. The van der Waals surface area contributed by atoms with Crippen molar-refractivity contribution >= 4 is 17.1 Å². The summed E-state index contributed by atoms with van der Waals surface area (Å²) in [5, 5.41) is 7.48. The van der Waals surface area contributed by atoms with Gasteiger partial charge in [0.1, 0.15) is 17.5 Å². The fourth-order valence-corrected chi connectivity index (χ4v) is 2.73. The highest BCUT2D eigenvalue weighted by molar-refractivity contribution is 5.90. The molecule has 0 bridgehead atoms. The number of allylic oxidation sites excluding steroid dienone is 2. The fourth-order valence-electron chi connectivity index (χ4n) is 2.73. The molecule has 0 unspecified atom stereocenters.